The van der Waals surface area contributed by atoms with Gasteiger partial charge in [0.2, 0.25) is 5.16 Å². The number of benzene rings is 2. The summed E-state index contributed by atoms with van der Waals surface area (Å²) in [5, 5.41) is 12.1. The van der Waals surface area contributed by atoms with Gasteiger partial charge in [-0.15, -0.1) is 10.2 Å². The van der Waals surface area contributed by atoms with Crippen molar-refractivity contribution in [2.24, 2.45) is 0 Å². The molecule has 0 saturated heterocycles. The van der Waals surface area contributed by atoms with E-state index in [1.165, 1.54) is 11.8 Å². The molecule has 0 atom stereocenters. The second-order valence-corrected chi connectivity index (χ2v) is 6.85. The number of hydrogen-bond donors (Lipinski definition) is 1. The number of methoxy groups -OCH3 is 1. The van der Waals surface area contributed by atoms with E-state index in [0.717, 1.165) is 27.7 Å². The third-order valence-corrected chi connectivity index (χ3v) is 5.39. The number of aromatic nitrogens is 3. The maximum atomic E-state index is 6.34. The minimum atomic E-state index is 0.451. The van der Waals surface area contributed by atoms with Crippen molar-refractivity contribution < 1.29 is 4.74 Å². The monoisotopic (exact) mass is 390 g/mol. The first kappa shape index (κ1) is 16.3. The first-order chi connectivity index (χ1) is 12.2. The third kappa shape index (κ3) is 2.97. The number of halogens is 2. The molecule has 0 aliphatic carbocycles. The predicted octanol–water partition coefficient (Wildman–Crippen LogP) is 4.91. The van der Waals surface area contributed by atoms with Gasteiger partial charge in [0, 0.05) is 16.5 Å². The van der Waals surface area contributed by atoms with E-state index in [-0.39, 0.29) is 0 Å². The van der Waals surface area contributed by atoms with Gasteiger partial charge >= 0.3 is 0 Å². The van der Waals surface area contributed by atoms with Gasteiger partial charge in [0.25, 0.3) is 0 Å². The number of ether oxygens (including phenoxy) is 1. The topological polar surface area (TPSA) is 52.0 Å². The van der Waals surface area contributed by atoms with Crippen molar-refractivity contribution in [2.45, 2.75) is 5.16 Å². The van der Waals surface area contributed by atoms with Crippen LogP contribution in [-0.4, -0.2) is 22.0 Å². The van der Waals surface area contributed by atoms with Crippen LogP contribution < -0.4 is 10.2 Å². The van der Waals surface area contributed by atoms with Gasteiger partial charge in [-0.25, -0.2) is 4.68 Å². The van der Waals surface area contributed by atoms with E-state index in [1.54, 1.807) is 13.2 Å². The van der Waals surface area contributed by atoms with Gasteiger partial charge in [0.1, 0.15) is 5.75 Å². The van der Waals surface area contributed by atoms with E-state index in [2.05, 4.69) is 15.6 Å². The SMILES string of the molecule is COc1ccc(C2=CSc3nnc(-c4cccc(Cl)c4Cl)n3N2)cc1. The van der Waals surface area contributed by atoms with Gasteiger partial charge in [-0.1, -0.05) is 41.0 Å². The number of nitrogens with one attached hydrogen (secondary N) is 1. The van der Waals surface area contributed by atoms with Crippen molar-refractivity contribution >= 4 is 40.7 Å². The Balaban J connectivity index is 1.70. The maximum absolute atomic E-state index is 6.34. The molecule has 3 aromatic rings. The summed E-state index contributed by atoms with van der Waals surface area (Å²) >= 11 is 14.0. The highest BCUT2D eigenvalue weighted by Gasteiger charge is 2.21. The van der Waals surface area contributed by atoms with Gasteiger partial charge in [-0.3, -0.25) is 5.43 Å². The Morgan fingerprint density at radius 2 is 1.88 bits per heavy atom. The zero-order valence-electron chi connectivity index (χ0n) is 13.0. The minimum absolute atomic E-state index is 0.451. The summed E-state index contributed by atoms with van der Waals surface area (Å²) in [7, 11) is 1.65. The molecule has 4 rings (SSSR count). The number of fused-ring (bicyclic) bond motifs is 1. The van der Waals surface area contributed by atoms with E-state index in [4.69, 9.17) is 27.9 Å². The lowest BCUT2D eigenvalue weighted by molar-refractivity contribution is 0.415. The van der Waals surface area contributed by atoms with Crippen LogP contribution in [0.2, 0.25) is 10.0 Å². The highest BCUT2D eigenvalue weighted by atomic mass is 35.5. The van der Waals surface area contributed by atoms with E-state index in [9.17, 15) is 0 Å². The lowest BCUT2D eigenvalue weighted by atomic mass is 10.2. The van der Waals surface area contributed by atoms with Crippen molar-refractivity contribution in [3.8, 4) is 17.1 Å². The van der Waals surface area contributed by atoms with Crippen LogP contribution in [0.1, 0.15) is 5.56 Å². The van der Waals surface area contributed by atoms with Crippen LogP contribution in [-0.2, 0) is 0 Å². The molecule has 0 fully saturated rings. The Kier molecular flexibility index (Phi) is 4.33. The molecule has 2 heterocycles. The third-order valence-electron chi connectivity index (χ3n) is 3.74. The number of hydrogen-bond acceptors (Lipinski definition) is 5. The zero-order chi connectivity index (χ0) is 17.4. The fourth-order valence-corrected chi connectivity index (χ4v) is 3.58. The smallest absolute Gasteiger partial charge is 0.214 e. The van der Waals surface area contributed by atoms with E-state index in [1.807, 2.05) is 46.5 Å². The summed E-state index contributed by atoms with van der Waals surface area (Å²) in [6.07, 6.45) is 0. The molecule has 0 spiro atoms. The fourth-order valence-electron chi connectivity index (χ4n) is 2.46. The predicted molar refractivity (Wildman–Crippen MR) is 102 cm³/mol. The summed E-state index contributed by atoms with van der Waals surface area (Å²) in [6.45, 7) is 0. The quantitative estimate of drug-likeness (QED) is 0.688. The molecule has 1 aliphatic rings. The molecule has 1 aromatic heterocycles. The molecule has 126 valence electrons. The summed E-state index contributed by atoms with van der Waals surface area (Å²) in [5.74, 6) is 1.42. The average Bonchev–Trinajstić information content (AvgIpc) is 3.07. The molecule has 1 aliphatic heterocycles. The summed E-state index contributed by atoms with van der Waals surface area (Å²) < 4.78 is 7.01. The van der Waals surface area contributed by atoms with Crippen LogP contribution in [0.4, 0.5) is 0 Å². The van der Waals surface area contributed by atoms with Gasteiger partial charge in [0.05, 0.1) is 22.9 Å². The highest BCUT2D eigenvalue weighted by molar-refractivity contribution is 8.02. The second-order valence-electron chi connectivity index (χ2n) is 5.23. The van der Waals surface area contributed by atoms with Crippen LogP contribution in [0.15, 0.2) is 53.0 Å². The molecular weight excluding hydrogens is 379 g/mol. The molecule has 0 saturated carbocycles. The van der Waals surface area contributed by atoms with Crippen LogP contribution in [0.3, 0.4) is 0 Å². The molecule has 0 amide bonds. The average molecular weight is 391 g/mol. The Hall–Kier alpha value is -2.15. The standard InChI is InChI=1S/C17H12Cl2N4OS/c1-24-11-7-5-10(6-8-11)14-9-25-17-21-20-16(23(17)22-14)12-3-2-4-13(18)15(12)19/h2-9,22H,1H3. The Labute approximate surface area is 158 Å². The first-order valence-electron chi connectivity index (χ1n) is 7.35. The Morgan fingerprint density at radius 3 is 2.64 bits per heavy atom. The molecule has 0 radical (unpaired) electrons. The normalized spacial score (nSPS) is 13.0. The van der Waals surface area contributed by atoms with Crippen molar-refractivity contribution in [3.63, 3.8) is 0 Å². The number of nitrogens with zero attached hydrogens (tertiary/aromatic N) is 3. The lowest BCUT2D eigenvalue weighted by Gasteiger charge is -2.19. The van der Waals surface area contributed by atoms with Gasteiger partial charge in [-0.2, -0.15) is 0 Å². The van der Waals surface area contributed by atoms with Crippen LogP contribution in [0.25, 0.3) is 17.1 Å². The van der Waals surface area contributed by atoms with E-state index in [0.29, 0.717) is 15.9 Å². The van der Waals surface area contributed by atoms with Gasteiger partial charge < -0.3 is 4.74 Å². The Morgan fingerprint density at radius 1 is 1.08 bits per heavy atom. The maximum Gasteiger partial charge on any atom is 0.214 e. The van der Waals surface area contributed by atoms with Crippen molar-refractivity contribution in [1.82, 2.24) is 14.9 Å². The van der Waals surface area contributed by atoms with Crippen molar-refractivity contribution in [3.05, 3.63) is 63.5 Å². The van der Waals surface area contributed by atoms with Crippen molar-refractivity contribution in [1.29, 1.82) is 0 Å². The highest BCUT2D eigenvalue weighted by Crippen LogP contribution is 2.36. The van der Waals surface area contributed by atoms with Gasteiger partial charge in [0.15, 0.2) is 5.82 Å². The van der Waals surface area contributed by atoms with E-state index < -0.39 is 0 Å². The number of thioether (sulfide) groups is 1. The first-order valence-corrected chi connectivity index (χ1v) is 8.99. The molecule has 5 nitrogen and oxygen atoms in total. The van der Waals surface area contributed by atoms with Gasteiger partial charge in [-0.05, 0) is 36.4 Å². The summed E-state index contributed by atoms with van der Waals surface area (Å²) in [6, 6.07) is 13.2. The number of rotatable bonds is 3. The minimum Gasteiger partial charge on any atom is -0.497 e. The molecule has 25 heavy (non-hydrogen) atoms. The van der Waals surface area contributed by atoms with Crippen molar-refractivity contribution in [2.75, 3.05) is 12.5 Å². The molecule has 8 heteroatoms. The molecule has 0 bridgehead atoms. The molecule has 2 aromatic carbocycles. The molecule has 1 N–H and O–H groups in total. The molecule has 0 unspecified atom stereocenters. The Bertz CT molecular complexity index is 969. The van der Waals surface area contributed by atoms with Crippen LogP contribution in [0.5, 0.6) is 5.75 Å². The van der Waals surface area contributed by atoms with Crippen LogP contribution >= 0.6 is 35.0 Å². The van der Waals surface area contributed by atoms with E-state index >= 15 is 0 Å². The largest absolute Gasteiger partial charge is 0.497 e. The van der Waals surface area contributed by atoms with Crippen LogP contribution in [0, 0.1) is 0 Å². The second kappa shape index (κ2) is 6.63. The molecular formula is C17H12Cl2N4OS. The fraction of sp³-hybridized carbons (Fsp3) is 0.0588. The lowest BCUT2D eigenvalue weighted by Crippen LogP contribution is -2.18. The zero-order valence-corrected chi connectivity index (χ0v) is 15.4. The summed E-state index contributed by atoms with van der Waals surface area (Å²) in [5.41, 5.74) is 6.01. The summed E-state index contributed by atoms with van der Waals surface area (Å²) in [4.78, 5) is 0.